The lowest BCUT2D eigenvalue weighted by atomic mass is 10.1. The molecule has 1 aromatic heterocycles. The summed E-state index contributed by atoms with van der Waals surface area (Å²) >= 11 is 0. The minimum Gasteiger partial charge on any atom is -0.385 e. The summed E-state index contributed by atoms with van der Waals surface area (Å²) < 4.78 is 4.93. The lowest BCUT2D eigenvalue weighted by molar-refractivity contribution is 0.0943. The molecule has 0 saturated heterocycles. The fourth-order valence-electron chi connectivity index (χ4n) is 2.16. The van der Waals surface area contributed by atoms with E-state index in [1.165, 1.54) is 6.20 Å². The van der Waals surface area contributed by atoms with Crippen LogP contribution in [0.15, 0.2) is 30.6 Å². The Hall–Kier alpha value is -2.47. The second-order valence-electron chi connectivity index (χ2n) is 5.28. The standard InChI is InChI=1S/C17H22N4O2/c1-12-6-4-7-13(2)16(12)21-15-11-19-14(10-20-15)17(22)18-8-5-9-23-3/h4,6-7,10-11H,5,8-9H2,1-3H3,(H,18,22)(H,20,21). The van der Waals surface area contributed by atoms with Crippen LogP contribution in [0.25, 0.3) is 0 Å². The first-order chi connectivity index (χ1) is 11.1. The van der Waals surface area contributed by atoms with Crippen LogP contribution in [0.4, 0.5) is 11.5 Å². The van der Waals surface area contributed by atoms with Gasteiger partial charge < -0.3 is 15.4 Å². The van der Waals surface area contributed by atoms with Gasteiger partial charge in [0.2, 0.25) is 0 Å². The maximum absolute atomic E-state index is 11.9. The van der Waals surface area contributed by atoms with Gasteiger partial charge in [-0.3, -0.25) is 4.79 Å². The molecule has 23 heavy (non-hydrogen) atoms. The first kappa shape index (κ1) is 16.9. The third-order valence-electron chi connectivity index (χ3n) is 3.43. The summed E-state index contributed by atoms with van der Waals surface area (Å²) in [6.07, 6.45) is 3.80. The first-order valence-electron chi connectivity index (χ1n) is 7.54. The van der Waals surface area contributed by atoms with E-state index in [0.717, 1.165) is 23.2 Å². The van der Waals surface area contributed by atoms with Gasteiger partial charge in [0.25, 0.3) is 5.91 Å². The number of rotatable bonds is 7. The molecule has 6 heteroatoms. The number of nitrogens with one attached hydrogen (secondary N) is 2. The Bertz CT molecular complexity index is 636. The SMILES string of the molecule is COCCCNC(=O)c1cnc(Nc2c(C)cccc2C)cn1. The van der Waals surface area contributed by atoms with Crippen molar-refractivity contribution in [3.63, 3.8) is 0 Å². The van der Waals surface area contributed by atoms with E-state index >= 15 is 0 Å². The maximum atomic E-state index is 11.9. The highest BCUT2D eigenvalue weighted by atomic mass is 16.5. The third-order valence-corrected chi connectivity index (χ3v) is 3.43. The van der Waals surface area contributed by atoms with Crippen LogP contribution in [0.3, 0.4) is 0 Å². The second-order valence-corrected chi connectivity index (χ2v) is 5.28. The lowest BCUT2D eigenvalue weighted by Gasteiger charge is -2.11. The Balaban J connectivity index is 1.98. The number of benzene rings is 1. The van der Waals surface area contributed by atoms with Gasteiger partial charge >= 0.3 is 0 Å². The summed E-state index contributed by atoms with van der Waals surface area (Å²) in [6.45, 7) is 5.23. The van der Waals surface area contributed by atoms with Crippen molar-refractivity contribution in [3.8, 4) is 0 Å². The molecule has 2 N–H and O–H groups in total. The number of aryl methyl sites for hydroxylation is 2. The first-order valence-corrected chi connectivity index (χ1v) is 7.54. The van der Waals surface area contributed by atoms with Crippen LogP contribution in [0.1, 0.15) is 28.0 Å². The molecular weight excluding hydrogens is 292 g/mol. The average Bonchev–Trinajstić information content (AvgIpc) is 2.55. The number of para-hydroxylation sites is 1. The van der Waals surface area contributed by atoms with E-state index in [1.807, 2.05) is 32.0 Å². The maximum Gasteiger partial charge on any atom is 0.271 e. The molecule has 2 aromatic rings. The average molecular weight is 314 g/mol. The molecule has 1 aromatic carbocycles. The van der Waals surface area contributed by atoms with Crippen molar-refractivity contribution in [1.29, 1.82) is 0 Å². The van der Waals surface area contributed by atoms with Crippen LogP contribution >= 0.6 is 0 Å². The number of carbonyl (C=O) groups excluding carboxylic acids is 1. The molecule has 0 atom stereocenters. The number of aromatic nitrogens is 2. The number of hydrogen-bond donors (Lipinski definition) is 2. The highest BCUT2D eigenvalue weighted by Gasteiger charge is 2.08. The van der Waals surface area contributed by atoms with E-state index < -0.39 is 0 Å². The largest absolute Gasteiger partial charge is 0.385 e. The smallest absolute Gasteiger partial charge is 0.271 e. The molecule has 6 nitrogen and oxygen atoms in total. The van der Waals surface area contributed by atoms with Gasteiger partial charge in [0.1, 0.15) is 11.5 Å². The van der Waals surface area contributed by atoms with E-state index in [2.05, 4.69) is 20.6 Å². The fourth-order valence-corrected chi connectivity index (χ4v) is 2.16. The molecule has 0 saturated carbocycles. The van der Waals surface area contributed by atoms with E-state index in [-0.39, 0.29) is 5.91 Å². The van der Waals surface area contributed by atoms with Gasteiger partial charge in [-0.25, -0.2) is 9.97 Å². The summed E-state index contributed by atoms with van der Waals surface area (Å²) in [7, 11) is 1.63. The van der Waals surface area contributed by atoms with Gasteiger partial charge in [-0.05, 0) is 31.4 Å². The molecule has 0 aliphatic carbocycles. The number of anilines is 2. The monoisotopic (exact) mass is 314 g/mol. The zero-order valence-electron chi connectivity index (χ0n) is 13.7. The predicted octanol–water partition coefficient (Wildman–Crippen LogP) is 2.60. The summed E-state index contributed by atoms with van der Waals surface area (Å²) in [5.74, 6) is 0.380. The number of amides is 1. The summed E-state index contributed by atoms with van der Waals surface area (Å²) in [6, 6.07) is 6.08. The number of ether oxygens (including phenoxy) is 1. The summed E-state index contributed by atoms with van der Waals surface area (Å²) in [5, 5.41) is 6.02. The van der Waals surface area contributed by atoms with Crippen molar-refractivity contribution < 1.29 is 9.53 Å². The third kappa shape index (κ3) is 4.75. The van der Waals surface area contributed by atoms with E-state index in [1.54, 1.807) is 13.3 Å². The van der Waals surface area contributed by atoms with Crippen LogP contribution in [-0.4, -0.2) is 36.1 Å². The second kappa shape index (κ2) is 8.24. The van der Waals surface area contributed by atoms with Crippen LogP contribution in [0, 0.1) is 13.8 Å². The van der Waals surface area contributed by atoms with Crippen molar-refractivity contribution in [1.82, 2.24) is 15.3 Å². The molecule has 2 rings (SSSR count). The van der Waals surface area contributed by atoms with Crippen LogP contribution in [-0.2, 0) is 4.74 Å². The zero-order chi connectivity index (χ0) is 16.7. The van der Waals surface area contributed by atoms with Crippen molar-refractivity contribution in [2.24, 2.45) is 0 Å². The van der Waals surface area contributed by atoms with E-state index in [9.17, 15) is 4.79 Å². The normalized spacial score (nSPS) is 10.4. The molecule has 0 bridgehead atoms. The molecule has 1 amide bonds. The van der Waals surface area contributed by atoms with Crippen LogP contribution < -0.4 is 10.6 Å². The minimum atomic E-state index is -0.229. The molecule has 122 valence electrons. The quantitative estimate of drug-likeness (QED) is 0.768. The molecule has 0 spiro atoms. The molecule has 0 fully saturated rings. The summed E-state index contributed by atoms with van der Waals surface area (Å²) in [5.41, 5.74) is 3.58. The fraction of sp³-hybridized carbons (Fsp3) is 0.353. The van der Waals surface area contributed by atoms with Gasteiger partial charge in [0.15, 0.2) is 0 Å². The predicted molar refractivity (Wildman–Crippen MR) is 90.1 cm³/mol. The number of nitrogens with zero attached hydrogens (tertiary/aromatic N) is 2. The highest BCUT2D eigenvalue weighted by molar-refractivity contribution is 5.92. The molecular formula is C17H22N4O2. The van der Waals surface area contributed by atoms with Crippen molar-refractivity contribution in [2.45, 2.75) is 20.3 Å². The highest BCUT2D eigenvalue weighted by Crippen LogP contribution is 2.22. The number of carbonyl (C=O) groups is 1. The molecule has 0 unspecified atom stereocenters. The van der Waals surface area contributed by atoms with Gasteiger partial charge in [-0.15, -0.1) is 0 Å². The van der Waals surface area contributed by atoms with E-state index in [0.29, 0.717) is 24.7 Å². The molecule has 0 aliphatic heterocycles. The minimum absolute atomic E-state index is 0.229. The van der Waals surface area contributed by atoms with Crippen molar-refractivity contribution in [2.75, 3.05) is 25.6 Å². The van der Waals surface area contributed by atoms with Crippen LogP contribution in [0.5, 0.6) is 0 Å². The van der Waals surface area contributed by atoms with Gasteiger partial charge in [0, 0.05) is 25.9 Å². The van der Waals surface area contributed by atoms with Gasteiger partial charge in [0.05, 0.1) is 12.4 Å². The molecule has 0 radical (unpaired) electrons. The Kier molecular flexibility index (Phi) is 6.05. The number of hydrogen-bond acceptors (Lipinski definition) is 5. The summed E-state index contributed by atoms with van der Waals surface area (Å²) in [4.78, 5) is 20.3. The van der Waals surface area contributed by atoms with Crippen molar-refractivity contribution >= 4 is 17.4 Å². The van der Waals surface area contributed by atoms with Gasteiger partial charge in [-0.2, -0.15) is 0 Å². The Morgan fingerprint density at radius 2 is 1.91 bits per heavy atom. The Morgan fingerprint density at radius 3 is 2.52 bits per heavy atom. The molecule has 0 aliphatic rings. The Labute approximate surface area is 136 Å². The zero-order valence-corrected chi connectivity index (χ0v) is 13.7. The Morgan fingerprint density at radius 1 is 1.17 bits per heavy atom. The van der Waals surface area contributed by atoms with E-state index in [4.69, 9.17) is 4.74 Å². The van der Waals surface area contributed by atoms with Crippen molar-refractivity contribution in [3.05, 3.63) is 47.4 Å². The molecule has 1 heterocycles. The lowest BCUT2D eigenvalue weighted by Crippen LogP contribution is -2.26. The number of methoxy groups -OCH3 is 1. The van der Waals surface area contributed by atoms with Gasteiger partial charge in [-0.1, -0.05) is 18.2 Å². The topological polar surface area (TPSA) is 76.1 Å². The van der Waals surface area contributed by atoms with Crippen LogP contribution in [0.2, 0.25) is 0 Å².